The van der Waals surface area contributed by atoms with Crippen molar-refractivity contribution in [2.45, 2.75) is 115 Å². The third-order valence-corrected chi connectivity index (χ3v) is 15.2. The molecule has 1 unspecified atom stereocenters. The van der Waals surface area contributed by atoms with Crippen LogP contribution in [0.3, 0.4) is 0 Å². The number of ether oxygens (including phenoxy) is 5. The van der Waals surface area contributed by atoms with E-state index in [1.807, 2.05) is 0 Å². The van der Waals surface area contributed by atoms with Crippen LogP contribution in [-0.4, -0.2) is 211 Å². The van der Waals surface area contributed by atoms with Crippen LogP contribution in [0.1, 0.15) is 5.56 Å². The summed E-state index contributed by atoms with van der Waals surface area (Å²) in [6, 6.07) is 13.4. The number of rotatable bonds is 18. The first-order valence-electron chi connectivity index (χ1n) is 20.4. The summed E-state index contributed by atoms with van der Waals surface area (Å²) in [5.41, 5.74) is 1.44. The van der Waals surface area contributed by atoms with Gasteiger partial charge in [-0.2, -0.15) is 24.9 Å². The van der Waals surface area contributed by atoms with Crippen LogP contribution >= 0.6 is 11.8 Å². The minimum atomic E-state index is -4.56. The molecular weight excluding hydrogens is 941 g/mol. The van der Waals surface area contributed by atoms with Crippen LogP contribution in [0.4, 0.5) is 5.69 Å². The Kier molecular flexibility index (Phi) is 17.1. The summed E-state index contributed by atoms with van der Waals surface area (Å²) in [6.45, 7) is -0.164. The van der Waals surface area contributed by atoms with Gasteiger partial charge in [-0.3, -0.25) is 8.98 Å². The number of fused-ring (bicyclic) bond motifs is 1. The van der Waals surface area contributed by atoms with Gasteiger partial charge in [-0.25, -0.2) is 8.42 Å². The number of nitrogens with one attached hydrogen (secondary N) is 1. The number of carboxylic acids is 1. The Morgan fingerprint density at radius 3 is 1.92 bits per heavy atom. The molecule has 26 heteroatoms. The van der Waals surface area contributed by atoms with Gasteiger partial charge in [-0.15, -0.1) is 0 Å². The first-order valence-corrected chi connectivity index (χ1v) is 24.4. The lowest BCUT2D eigenvalue weighted by atomic mass is 9.96. The van der Waals surface area contributed by atoms with Crippen LogP contribution < -0.4 is 9.62 Å². The number of carbonyl (C=O) groups is 1. The number of thioether (sulfide) groups is 1. The first kappa shape index (κ1) is 52.2. The predicted octanol–water partition coefficient (Wildman–Crippen LogP) is -3.46. The molecule has 66 heavy (non-hydrogen) atoms. The summed E-state index contributed by atoms with van der Waals surface area (Å²) in [4.78, 5) is 13.7. The van der Waals surface area contributed by atoms with Crippen LogP contribution in [0.5, 0.6) is 0 Å². The van der Waals surface area contributed by atoms with E-state index in [0.717, 1.165) is 23.0 Å². The third kappa shape index (κ3) is 11.5. The van der Waals surface area contributed by atoms with Gasteiger partial charge in [-0.05, 0) is 31.2 Å². The number of aryl methyl sites for hydroxylation is 1. The second-order valence-electron chi connectivity index (χ2n) is 16.1. The SMILES string of the molecule is Cc1ccc(S(=O)(=O)OC[C@H]2O[C@H](O[C@H]3[C@H](O)[C@@H](O)C(O)O[C@@H]3CO)[C@H](O)[C@@H](O)[C@@H]2O[C@H]2O[C@H](CSC[C@H](NS(=O)(=O)c3cccc4c(N(C)C)cccc34)C(=O)O)[C@@H](O)[C@H](O)[C@H]2O)cc1. The highest BCUT2D eigenvalue weighted by atomic mass is 32.2. The van der Waals surface area contributed by atoms with Gasteiger partial charge in [0, 0.05) is 42.1 Å². The molecule has 368 valence electrons. The van der Waals surface area contributed by atoms with Gasteiger partial charge >= 0.3 is 5.97 Å². The van der Waals surface area contributed by atoms with Crippen molar-refractivity contribution >= 4 is 54.3 Å². The minimum absolute atomic E-state index is 0.176. The van der Waals surface area contributed by atoms with Crippen molar-refractivity contribution in [2.75, 3.05) is 43.7 Å². The topological polar surface area (TPSA) is 358 Å². The highest BCUT2D eigenvalue weighted by Gasteiger charge is 2.54. The van der Waals surface area contributed by atoms with E-state index in [1.54, 1.807) is 50.2 Å². The monoisotopic (exact) mass is 994 g/mol. The molecular formula is C40H54N2O21S3. The fourth-order valence-electron chi connectivity index (χ4n) is 7.56. The fraction of sp³-hybridized carbons (Fsp3) is 0.575. The van der Waals surface area contributed by atoms with E-state index >= 15 is 0 Å². The maximum atomic E-state index is 13.6. The molecule has 3 heterocycles. The van der Waals surface area contributed by atoms with E-state index in [4.69, 9.17) is 27.9 Å². The Hall–Kier alpha value is -3.20. The highest BCUT2D eigenvalue weighted by Crippen LogP contribution is 2.34. The van der Waals surface area contributed by atoms with Crippen LogP contribution in [0.2, 0.25) is 0 Å². The number of hydrogen-bond donors (Lipinski definition) is 11. The van der Waals surface area contributed by atoms with E-state index in [0.29, 0.717) is 10.8 Å². The van der Waals surface area contributed by atoms with E-state index in [1.165, 1.54) is 36.4 Å². The van der Waals surface area contributed by atoms with Crippen molar-refractivity contribution in [3.05, 3.63) is 66.2 Å². The highest BCUT2D eigenvalue weighted by molar-refractivity contribution is 7.99. The number of aliphatic hydroxyl groups is 9. The largest absolute Gasteiger partial charge is 0.480 e. The van der Waals surface area contributed by atoms with E-state index in [2.05, 4.69) is 4.72 Å². The van der Waals surface area contributed by atoms with Crippen molar-refractivity contribution in [3.63, 3.8) is 0 Å². The van der Waals surface area contributed by atoms with Gasteiger partial charge < -0.3 is 79.6 Å². The number of aliphatic hydroxyl groups excluding tert-OH is 9. The second-order valence-corrected chi connectivity index (χ2v) is 20.5. The quantitative estimate of drug-likeness (QED) is 0.0552. The predicted molar refractivity (Wildman–Crippen MR) is 229 cm³/mol. The number of carboxylic acid groups (broad SMARTS) is 1. The maximum absolute atomic E-state index is 13.6. The van der Waals surface area contributed by atoms with Gasteiger partial charge in [0.1, 0.15) is 73.2 Å². The van der Waals surface area contributed by atoms with Crippen molar-refractivity contribution in [2.24, 2.45) is 0 Å². The Balaban J connectivity index is 1.18. The molecule has 0 bridgehead atoms. The number of hydrogen-bond acceptors (Lipinski definition) is 22. The number of sulfonamides is 1. The molecule has 6 rings (SSSR count). The first-order chi connectivity index (χ1) is 31.1. The third-order valence-electron chi connectivity index (χ3n) is 11.2. The van der Waals surface area contributed by atoms with Gasteiger partial charge in [0.25, 0.3) is 10.1 Å². The summed E-state index contributed by atoms with van der Waals surface area (Å²) in [5, 5.41) is 107. The van der Waals surface area contributed by atoms with Gasteiger partial charge in [0.15, 0.2) is 18.9 Å². The van der Waals surface area contributed by atoms with Crippen molar-refractivity contribution in [1.82, 2.24) is 4.72 Å². The number of aliphatic carboxylic acids is 1. The molecule has 0 aliphatic carbocycles. The number of benzene rings is 3. The molecule has 0 amide bonds. The summed E-state index contributed by atoms with van der Waals surface area (Å²) >= 11 is 0.780. The molecule has 11 N–H and O–H groups in total. The molecule has 16 atom stereocenters. The van der Waals surface area contributed by atoms with Crippen molar-refractivity contribution < 1.29 is 101 Å². The lowest BCUT2D eigenvalue weighted by Gasteiger charge is -2.48. The normalized spacial score (nSPS) is 33.7. The van der Waals surface area contributed by atoms with Crippen LogP contribution in [0.15, 0.2) is 70.5 Å². The van der Waals surface area contributed by atoms with E-state index in [9.17, 15) is 72.7 Å². The summed E-state index contributed by atoms with van der Waals surface area (Å²) in [5.74, 6) is -2.33. The van der Waals surface area contributed by atoms with Crippen molar-refractivity contribution in [3.8, 4) is 0 Å². The molecule has 3 aliphatic rings. The van der Waals surface area contributed by atoms with Crippen LogP contribution in [-0.2, 0) is 52.8 Å². The molecule has 3 saturated heterocycles. The number of nitrogens with zero attached hydrogens (tertiary/aromatic N) is 1. The molecule has 3 aromatic carbocycles. The average Bonchev–Trinajstić information content (AvgIpc) is 3.27. The molecule has 3 aromatic rings. The van der Waals surface area contributed by atoms with Crippen molar-refractivity contribution in [1.29, 1.82) is 0 Å². The minimum Gasteiger partial charge on any atom is -0.480 e. The average molecular weight is 995 g/mol. The summed E-state index contributed by atoms with van der Waals surface area (Å²) in [6.07, 6.45) is -28.6. The molecule has 3 fully saturated rings. The fourth-order valence-corrected chi connectivity index (χ4v) is 11.1. The molecule has 0 saturated carbocycles. The molecule has 0 radical (unpaired) electrons. The maximum Gasteiger partial charge on any atom is 0.322 e. The molecule has 3 aliphatic heterocycles. The zero-order valence-corrected chi connectivity index (χ0v) is 37.9. The molecule has 0 aromatic heterocycles. The van der Waals surface area contributed by atoms with E-state index in [-0.39, 0.29) is 15.5 Å². The molecule has 23 nitrogen and oxygen atoms in total. The number of anilines is 1. The summed E-state index contributed by atoms with van der Waals surface area (Å²) in [7, 11) is -5.45. The lowest BCUT2D eigenvalue weighted by molar-refractivity contribution is -0.375. The smallest absolute Gasteiger partial charge is 0.322 e. The molecule has 0 spiro atoms. The Morgan fingerprint density at radius 1 is 0.727 bits per heavy atom. The van der Waals surface area contributed by atoms with Gasteiger partial charge in [0.2, 0.25) is 10.0 Å². The lowest BCUT2D eigenvalue weighted by Crippen LogP contribution is -2.66. The zero-order valence-electron chi connectivity index (χ0n) is 35.5. The Labute approximate surface area is 383 Å². The second kappa shape index (κ2) is 21.6. The Morgan fingerprint density at radius 2 is 1.30 bits per heavy atom. The summed E-state index contributed by atoms with van der Waals surface area (Å²) < 4.78 is 89.3. The Bertz CT molecular complexity index is 2340. The van der Waals surface area contributed by atoms with Crippen LogP contribution in [0, 0.1) is 6.92 Å². The zero-order chi connectivity index (χ0) is 48.4. The van der Waals surface area contributed by atoms with Gasteiger partial charge in [0.05, 0.1) is 29.1 Å². The van der Waals surface area contributed by atoms with E-state index < -0.39 is 143 Å². The van der Waals surface area contributed by atoms with Crippen LogP contribution in [0.25, 0.3) is 10.8 Å². The van der Waals surface area contributed by atoms with Gasteiger partial charge in [-0.1, -0.05) is 42.0 Å². The standard InChI is InChI=1S/C40H54N2O21S3/c1-18-10-12-19(13-11-18)66(56,57)58-15-25-36(31(47)34(50)40(60-25)62-35-24(14-43)59-38(53)32(48)30(35)46)63-39-33(49)29(45)28(44)26(61-39)17-64-16-22(37(51)52)41-65(54,55)27-9-5-6-20-21(27)7-4-8-23(20)42(2)3/h4-13,22,24-26,28-36,38-41,43-50,53H,14-17H2,1-3H3,(H,51,52)/t22-,24+,25+,26+,28+,29-,30+,31+,32+,33+,34+,35+,36+,38?,39+,40+/m0/s1.